The van der Waals surface area contributed by atoms with E-state index < -0.39 is 44.6 Å². The molecule has 0 heterocycles. The predicted octanol–water partition coefficient (Wildman–Crippen LogP) is 3.57. The molecule has 38 heavy (non-hydrogen) atoms. The molecule has 2 aromatic rings. The Bertz CT molecular complexity index is 1420. The summed E-state index contributed by atoms with van der Waals surface area (Å²) in [7, 11) is -4.42. The zero-order valence-corrected chi connectivity index (χ0v) is 23.0. The molecule has 0 radical (unpaired) electrons. The molecule has 0 fully saturated rings. The number of nitrogens with one attached hydrogen (secondary N) is 2. The van der Waals surface area contributed by atoms with Crippen molar-refractivity contribution in [2.24, 2.45) is 0 Å². The van der Waals surface area contributed by atoms with Gasteiger partial charge in [-0.15, -0.1) is 0 Å². The molecule has 0 spiro atoms. The van der Waals surface area contributed by atoms with Crippen molar-refractivity contribution in [1.29, 1.82) is 0 Å². The summed E-state index contributed by atoms with van der Waals surface area (Å²) in [6, 6.07) is 10.5. The molecule has 2 aromatic carbocycles. The molecule has 0 bridgehead atoms. The summed E-state index contributed by atoms with van der Waals surface area (Å²) in [5.74, 6) is -2.14. The molecule has 0 saturated carbocycles. The van der Waals surface area contributed by atoms with Crippen molar-refractivity contribution >= 4 is 49.9 Å². The van der Waals surface area contributed by atoms with Crippen LogP contribution in [0.15, 0.2) is 52.9 Å². The van der Waals surface area contributed by atoms with Crippen molar-refractivity contribution in [3.05, 3.63) is 70.5 Å². The molecular formula is C27H31FN2O6S2. The van der Waals surface area contributed by atoms with E-state index in [0.717, 1.165) is 28.5 Å². The number of amides is 1. The normalized spacial score (nSPS) is 15.8. The van der Waals surface area contributed by atoms with Crippen LogP contribution in [-0.2, 0) is 30.4 Å². The van der Waals surface area contributed by atoms with Crippen LogP contribution in [0, 0.1) is 5.82 Å². The van der Waals surface area contributed by atoms with Crippen LogP contribution in [-0.4, -0.2) is 54.7 Å². The molecule has 1 aliphatic carbocycles. The number of carboxylic acids is 1. The first-order valence-electron chi connectivity index (χ1n) is 12.0. The van der Waals surface area contributed by atoms with Gasteiger partial charge in [-0.2, -0.15) is 0 Å². The lowest BCUT2D eigenvalue weighted by Gasteiger charge is -2.15. The Morgan fingerprint density at radius 1 is 1.11 bits per heavy atom. The van der Waals surface area contributed by atoms with Gasteiger partial charge in [-0.1, -0.05) is 18.2 Å². The molecule has 3 N–H and O–H groups in total. The fourth-order valence-corrected chi connectivity index (χ4v) is 5.33. The third-order valence-corrected chi connectivity index (χ3v) is 7.90. The Morgan fingerprint density at radius 3 is 2.39 bits per heavy atom. The first-order chi connectivity index (χ1) is 17.9. The summed E-state index contributed by atoms with van der Waals surface area (Å²) in [6.07, 6.45) is 5.39. The van der Waals surface area contributed by atoms with E-state index in [9.17, 15) is 31.7 Å². The molecule has 0 aliphatic heterocycles. The molecular weight excluding hydrogens is 531 g/mol. The standard InChI is InChI=1S/C27H31FN2O6S2/c1-17-22(14-18-7-10-20(11-8-18)37(2)34)21-12-9-19(28)15-24(21)23(17)16-26(31)30-25(27(32)33)6-4-5-13-29-38(3,35)36/h7-12,14-15,25,29H,4-6,13,16H2,1-3H3,(H,30,31)(H,32,33)/b22-14-/t25-,37?/m0/s1. The number of halogens is 1. The molecule has 0 aromatic heterocycles. The van der Waals surface area contributed by atoms with Gasteiger partial charge < -0.3 is 10.4 Å². The molecule has 0 saturated heterocycles. The van der Waals surface area contributed by atoms with Crippen molar-refractivity contribution in [3.63, 3.8) is 0 Å². The smallest absolute Gasteiger partial charge is 0.326 e. The van der Waals surface area contributed by atoms with Crippen molar-refractivity contribution in [1.82, 2.24) is 10.0 Å². The Kier molecular flexibility index (Phi) is 9.75. The van der Waals surface area contributed by atoms with Gasteiger partial charge in [0.2, 0.25) is 15.9 Å². The summed E-state index contributed by atoms with van der Waals surface area (Å²) in [5, 5.41) is 12.1. The van der Waals surface area contributed by atoms with Crippen LogP contribution >= 0.6 is 0 Å². The maximum Gasteiger partial charge on any atom is 0.326 e. The highest BCUT2D eigenvalue weighted by molar-refractivity contribution is 7.88. The number of sulfonamides is 1. The Labute approximate surface area is 224 Å². The fraction of sp³-hybridized carbons (Fsp3) is 0.333. The lowest BCUT2D eigenvalue weighted by Crippen LogP contribution is -2.40. The average Bonchev–Trinajstić information content (AvgIpc) is 3.07. The van der Waals surface area contributed by atoms with E-state index in [0.29, 0.717) is 28.9 Å². The lowest BCUT2D eigenvalue weighted by molar-refractivity contribution is -0.141. The Morgan fingerprint density at radius 2 is 1.79 bits per heavy atom. The third-order valence-electron chi connectivity index (χ3n) is 6.23. The number of aliphatic carboxylic acids is 1. The fourth-order valence-electron chi connectivity index (χ4n) is 4.30. The summed E-state index contributed by atoms with van der Waals surface area (Å²) in [5.41, 5.74) is 4.41. The van der Waals surface area contributed by atoms with Gasteiger partial charge in [-0.25, -0.2) is 22.3 Å². The quantitative estimate of drug-likeness (QED) is 0.339. The van der Waals surface area contributed by atoms with Crippen LogP contribution in [0.5, 0.6) is 0 Å². The predicted molar refractivity (Wildman–Crippen MR) is 147 cm³/mol. The van der Waals surface area contributed by atoms with E-state index in [-0.39, 0.29) is 19.4 Å². The number of carbonyl (C=O) groups excluding carboxylic acids is 1. The zero-order chi connectivity index (χ0) is 28.0. The number of hydrogen-bond acceptors (Lipinski definition) is 5. The van der Waals surface area contributed by atoms with Gasteiger partial charge in [-0.3, -0.25) is 9.00 Å². The minimum absolute atomic E-state index is 0.132. The van der Waals surface area contributed by atoms with Crippen LogP contribution in [0.1, 0.15) is 49.3 Å². The van der Waals surface area contributed by atoms with Gasteiger partial charge in [0.1, 0.15) is 11.9 Å². The van der Waals surface area contributed by atoms with E-state index in [2.05, 4.69) is 10.0 Å². The molecule has 1 amide bonds. The monoisotopic (exact) mass is 562 g/mol. The molecule has 2 atom stereocenters. The minimum Gasteiger partial charge on any atom is -0.480 e. The topological polar surface area (TPSA) is 130 Å². The summed E-state index contributed by atoms with van der Waals surface area (Å²) in [6.45, 7) is 2.02. The largest absolute Gasteiger partial charge is 0.480 e. The minimum atomic E-state index is -3.32. The van der Waals surface area contributed by atoms with Crippen LogP contribution in [0.25, 0.3) is 17.2 Å². The summed E-state index contributed by atoms with van der Waals surface area (Å²) >= 11 is 0. The first kappa shape index (κ1) is 29.4. The van der Waals surface area contributed by atoms with Gasteiger partial charge in [-0.05, 0) is 89.9 Å². The highest BCUT2D eigenvalue weighted by Crippen LogP contribution is 2.43. The van der Waals surface area contributed by atoms with Crippen molar-refractivity contribution in [3.8, 4) is 0 Å². The molecule has 204 valence electrons. The van der Waals surface area contributed by atoms with Gasteiger partial charge in [0.15, 0.2) is 0 Å². The number of unbranched alkanes of at least 4 members (excludes halogenated alkanes) is 1. The zero-order valence-electron chi connectivity index (χ0n) is 21.4. The van der Waals surface area contributed by atoms with Crippen LogP contribution < -0.4 is 10.0 Å². The molecule has 1 aliphatic rings. The third kappa shape index (κ3) is 7.92. The van der Waals surface area contributed by atoms with E-state index in [1.54, 1.807) is 24.5 Å². The number of fused-ring (bicyclic) bond motifs is 1. The maximum atomic E-state index is 14.2. The van der Waals surface area contributed by atoms with E-state index >= 15 is 0 Å². The maximum absolute atomic E-state index is 14.2. The van der Waals surface area contributed by atoms with E-state index in [1.165, 1.54) is 12.1 Å². The van der Waals surface area contributed by atoms with Gasteiger partial charge >= 0.3 is 5.97 Å². The number of benzene rings is 2. The van der Waals surface area contributed by atoms with Crippen LogP contribution in [0.4, 0.5) is 4.39 Å². The van der Waals surface area contributed by atoms with Gasteiger partial charge in [0.05, 0.1) is 12.7 Å². The van der Waals surface area contributed by atoms with Crippen molar-refractivity contribution in [2.75, 3.05) is 19.1 Å². The van der Waals surface area contributed by atoms with Crippen LogP contribution in [0.3, 0.4) is 0 Å². The Balaban J connectivity index is 1.77. The SMILES string of the molecule is CC1=C(CC(=O)N[C@@H](CCCCNS(C)(=O)=O)C(=O)O)c2cc(F)ccc2/C1=C\c1ccc(S(C)=O)cc1. The number of rotatable bonds is 12. The summed E-state index contributed by atoms with van der Waals surface area (Å²) in [4.78, 5) is 25.3. The first-order valence-corrected chi connectivity index (χ1v) is 15.4. The summed E-state index contributed by atoms with van der Waals surface area (Å²) < 4.78 is 50.5. The van der Waals surface area contributed by atoms with Gasteiger partial charge in [0, 0.05) is 28.5 Å². The van der Waals surface area contributed by atoms with E-state index in [4.69, 9.17) is 0 Å². The number of allylic oxidation sites excluding steroid dienone is 2. The molecule has 3 rings (SSSR count). The van der Waals surface area contributed by atoms with Crippen LogP contribution in [0.2, 0.25) is 0 Å². The van der Waals surface area contributed by atoms with E-state index in [1.807, 2.05) is 25.1 Å². The second-order valence-corrected chi connectivity index (χ2v) is 12.4. The molecule has 11 heteroatoms. The molecule has 1 unspecified atom stereocenters. The number of carboxylic acid groups (broad SMARTS) is 1. The Hall–Kier alpha value is -3.15. The molecule has 8 nitrogen and oxygen atoms in total. The number of carbonyl (C=O) groups is 2. The highest BCUT2D eigenvalue weighted by Gasteiger charge is 2.27. The van der Waals surface area contributed by atoms with Crippen molar-refractivity contribution < 1.29 is 31.7 Å². The van der Waals surface area contributed by atoms with Gasteiger partial charge in [0.25, 0.3) is 0 Å². The number of hydrogen-bond donors (Lipinski definition) is 3. The highest BCUT2D eigenvalue weighted by atomic mass is 32.2. The average molecular weight is 563 g/mol. The van der Waals surface area contributed by atoms with Crippen molar-refractivity contribution in [2.45, 2.75) is 43.5 Å². The second-order valence-electron chi connectivity index (χ2n) is 9.17. The second kappa shape index (κ2) is 12.6. The lowest BCUT2D eigenvalue weighted by atomic mass is 10.0.